The summed E-state index contributed by atoms with van der Waals surface area (Å²) < 4.78 is 29.4. The second-order valence-electron chi connectivity index (χ2n) is 17.3. The fourth-order valence-electron chi connectivity index (χ4n) is 9.81. The summed E-state index contributed by atoms with van der Waals surface area (Å²) in [4.78, 5) is 69.0. The van der Waals surface area contributed by atoms with Crippen molar-refractivity contribution in [2.75, 3.05) is 13.2 Å². The Labute approximate surface area is 341 Å². The van der Waals surface area contributed by atoms with Crippen LogP contribution in [0, 0.1) is 22.7 Å². The standard InChI is InChI=1S/C43H53NO15/c1-21-27-31(49)36(51)42(7)25(47)18-26-43(20-55-26,58-22(2)46)35(42)34(57-37(52)24-16-12-9-13-17-24)28(41(27,5)6)30(48)33(21)56-38(53)32(50)29(23-14-10-8-11-15-23)44-39(54)59-40(3,4)19-45/h8-17,25-26,28-35,45,47-50H,18-20H2,1-7H3,(H,44,54)/t25-,26+,28?,29-,30+,31+,32+,33+,34?,35-,42+,43-/m0/s1. The average molecular weight is 824 g/mol. The predicted molar refractivity (Wildman–Crippen MR) is 205 cm³/mol. The molecule has 320 valence electrons. The molecule has 1 saturated heterocycles. The molecule has 2 aromatic carbocycles. The molecule has 0 aromatic heterocycles. The van der Waals surface area contributed by atoms with Crippen LogP contribution in [0.2, 0.25) is 0 Å². The number of aliphatic hydroxyl groups excluding tert-OH is 5. The van der Waals surface area contributed by atoms with E-state index in [1.165, 1.54) is 52.0 Å². The lowest BCUT2D eigenvalue weighted by Crippen LogP contribution is -2.80. The first-order valence-corrected chi connectivity index (χ1v) is 19.5. The first kappa shape index (κ1) is 43.9. The Bertz CT molecular complexity index is 1980. The summed E-state index contributed by atoms with van der Waals surface area (Å²) in [6, 6.07) is 14.3. The Kier molecular flexibility index (Phi) is 11.9. The lowest BCUT2D eigenvalue weighted by atomic mass is 9.45. The first-order chi connectivity index (χ1) is 27.6. The van der Waals surface area contributed by atoms with Crippen molar-refractivity contribution in [3.8, 4) is 0 Å². The number of carbonyl (C=O) groups is 5. The molecule has 1 amide bonds. The van der Waals surface area contributed by atoms with E-state index in [9.17, 15) is 49.5 Å². The number of hydrogen-bond acceptors (Lipinski definition) is 15. The van der Waals surface area contributed by atoms with Crippen molar-refractivity contribution in [1.29, 1.82) is 0 Å². The molecule has 6 rings (SSSR count). The summed E-state index contributed by atoms with van der Waals surface area (Å²) in [5.74, 6) is -6.65. The fraction of sp³-hybridized carbons (Fsp3) is 0.558. The molecule has 16 heteroatoms. The first-order valence-electron chi connectivity index (χ1n) is 19.5. The van der Waals surface area contributed by atoms with Gasteiger partial charge in [-0.1, -0.05) is 62.4 Å². The van der Waals surface area contributed by atoms with E-state index in [0.717, 1.165) is 6.92 Å². The summed E-state index contributed by atoms with van der Waals surface area (Å²) in [7, 11) is 0. The van der Waals surface area contributed by atoms with Crippen molar-refractivity contribution >= 4 is 29.8 Å². The molecule has 59 heavy (non-hydrogen) atoms. The van der Waals surface area contributed by atoms with E-state index in [4.69, 9.17) is 23.7 Å². The highest BCUT2D eigenvalue weighted by Gasteiger charge is 2.76. The highest BCUT2D eigenvalue weighted by Crippen LogP contribution is 2.63. The number of rotatable bonds is 10. The number of Topliss-reactive ketones (excluding diaryl/α,β-unsaturated/α-hetero) is 1. The highest BCUT2D eigenvalue weighted by molar-refractivity contribution is 5.94. The third-order valence-electron chi connectivity index (χ3n) is 12.7. The Morgan fingerprint density at radius 2 is 1.58 bits per heavy atom. The number of nitrogens with one attached hydrogen (secondary N) is 1. The van der Waals surface area contributed by atoms with Crippen molar-refractivity contribution < 1.29 is 73.2 Å². The van der Waals surface area contributed by atoms with Gasteiger partial charge in [-0.2, -0.15) is 0 Å². The van der Waals surface area contributed by atoms with Gasteiger partial charge in [0, 0.05) is 19.3 Å². The van der Waals surface area contributed by atoms with E-state index in [1.54, 1.807) is 50.2 Å². The zero-order chi connectivity index (χ0) is 43.4. The quantitative estimate of drug-likeness (QED) is 0.114. The predicted octanol–water partition coefficient (Wildman–Crippen LogP) is 2.09. The van der Waals surface area contributed by atoms with Gasteiger partial charge in [0.2, 0.25) is 0 Å². The van der Waals surface area contributed by atoms with Crippen LogP contribution >= 0.6 is 0 Å². The molecule has 12 atom stereocenters. The molecule has 16 nitrogen and oxygen atoms in total. The molecule has 1 heterocycles. The summed E-state index contributed by atoms with van der Waals surface area (Å²) in [5, 5.41) is 60.3. The average Bonchev–Trinajstić information content (AvgIpc) is 3.18. The zero-order valence-electron chi connectivity index (χ0n) is 34.0. The van der Waals surface area contributed by atoms with E-state index in [2.05, 4.69) is 5.32 Å². The van der Waals surface area contributed by atoms with Gasteiger partial charge in [-0.05, 0) is 62.0 Å². The number of esters is 3. The summed E-state index contributed by atoms with van der Waals surface area (Å²) in [5.41, 5.74) is -5.98. The Morgan fingerprint density at radius 1 is 0.966 bits per heavy atom. The third kappa shape index (κ3) is 7.55. The topological polar surface area (TPSA) is 245 Å². The van der Waals surface area contributed by atoms with Gasteiger partial charge in [0.1, 0.15) is 36.1 Å². The van der Waals surface area contributed by atoms with Crippen molar-refractivity contribution in [1.82, 2.24) is 5.32 Å². The van der Waals surface area contributed by atoms with Crippen LogP contribution in [0.4, 0.5) is 4.79 Å². The molecule has 2 bridgehead atoms. The molecule has 3 fully saturated rings. The number of ketones is 1. The summed E-state index contributed by atoms with van der Waals surface area (Å²) in [6.45, 7) is 9.35. The second kappa shape index (κ2) is 16.0. The van der Waals surface area contributed by atoms with E-state index in [0.29, 0.717) is 0 Å². The van der Waals surface area contributed by atoms with Gasteiger partial charge in [0.05, 0.1) is 42.3 Å². The van der Waals surface area contributed by atoms with Crippen LogP contribution in [0.5, 0.6) is 0 Å². The molecular weight excluding hydrogens is 770 g/mol. The highest BCUT2D eigenvalue weighted by atomic mass is 16.6. The molecule has 6 N–H and O–H groups in total. The van der Waals surface area contributed by atoms with Crippen molar-refractivity contribution in [2.45, 2.75) is 115 Å². The lowest BCUT2D eigenvalue weighted by molar-refractivity contribution is -0.337. The Hall–Kier alpha value is -4.71. The zero-order valence-corrected chi connectivity index (χ0v) is 34.0. The van der Waals surface area contributed by atoms with E-state index in [1.807, 2.05) is 0 Å². The molecule has 1 aliphatic heterocycles. The van der Waals surface area contributed by atoms with Crippen molar-refractivity contribution in [2.24, 2.45) is 22.7 Å². The molecular formula is C43H53NO15. The van der Waals surface area contributed by atoms with Gasteiger partial charge in [-0.3, -0.25) is 9.59 Å². The van der Waals surface area contributed by atoms with Gasteiger partial charge < -0.3 is 54.5 Å². The normalized spacial score (nSPS) is 33.3. The fourth-order valence-corrected chi connectivity index (χ4v) is 9.81. The number of aliphatic hydroxyl groups is 5. The lowest BCUT2D eigenvalue weighted by Gasteiger charge is -2.66. The van der Waals surface area contributed by atoms with Gasteiger partial charge in [-0.15, -0.1) is 0 Å². The molecule has 2 saturated carbocycles. The third-order valence-corrected chi connectivity index (χ3v) is 12.7. The number of ether oxygens (including phenoxy) is 5. The van der Waals surface area contributed by atoms with Crippen LogP contribution in [0.1, 0.15) is 76.9 Å². The number of alkyl carbamates (subject to hydrolysis) is 1. The largest absolute Gasteiger partial charge is 0.458 e. The van der Waals surface area contributed by atoms with Gasteiger partial charge >= 0.3 is 24.0 Å². The summed E-state index contributed by atoms with van der Waals surface area (Å²) in [6.07, 6.45) is -12.9. The number of hydrogen-bond donors (Lipinski definition) is 6. The van der Waals surface area contributed by atoms with E-state index >= 15 is 0 Å². The maximum absolute atomic E-state index is 14.9. The monoisotopic (exact) mass is 823 g/mol. The maximum atomic E-state index is 14.9. The van der Waals surface area contributed by atoms with Gasteiger partial charge in [-0.25, -0.2) is 14.4 Å². The SMILES string of the molecule is CC(=O)O[C@@]12CO[C@@H]1C[C@H](O)[C@@]1(C)C(=O)[C@H](O)C3=C(C)[C@@H](OC(=O)[C@H](O)[C@@H](NC(=O)OC(C)(C)CO)c4ccccc4)[C@H](O)C(C(OC(=O)c4ccccc4)[C@H]21)C3(C)C. The molecule has 0 spiro atoms. The smallest absolute Gasteiger partial charge is 0.408 e. The van der Waals surface area contributed by atoms with Crippen LogP contribution in [0.15, 0.2) is 71.8 Å². The van der Waals surface area contributed by atoms with Gasteiger partial charge in [0.15, 0.2) is 17.5 Å². The number of carbonyl (C=O) groups excluding carboxylic acids is 5. The molecule has 2 aromatic rings. The maximum Gasteiger partial charge on any atom is 0.408 e. The van der Waals surface area contributed by atoms with Crippen LogP contribution in [-0.4, -0.2) is 122 Å². The molecule has 2 unspecified atom stereocenters. The van der Waals surface area contributed by atoms with Crippen LogP contribution < -0.4 is 5.32 Å². The van der Waals surface area contributed by atoms with Crippen LogP contribution in [-0.2, 0) is 38.1 Å². The second-order valence-corrected chi connectivity index (χ2v) is 17.3. The number of amides is 1. The number of benzene rings is 2. The van der Waals surface area contributed by atoms with E-state index < -0.39 is 119 Å². The van der Waals surface area contributed by atoms with Crippen LogP contribution in [0.25, 0.3) is 0 Å². The summed E-state index contributed by atoms with van der Waals surface area (Å²) >= 11 is 0. The molecule has 0 radical (unpaired) electrons. The van der Waals surface area contributed by atoms with Crippen LogP contribution in [0.3, 0.4) is 0 Å². The molecule has 3 aliphatic carbocycles. The van der Waals surface area contributed by atoms with E-state index in [-0.39, 0.29) is 35.3 Å². The Morgan fingerprint density at radius 3 is 2.14 bits per heavy atom. The van der Waals surface area contributed by atoms with Crippen molar-refractivity contribution in [3.05, 3.63) is 82.9 Å². The Balaban J connectivity index is 1.47. The molecule has 4 aliphatic rings. The van der Waals surface area contributed by atoms with Crippen molar-refractivity contribution in [3.63, 3.8) is 0 Å². The minimum atomic E-state index is -2.14. The minimum absolute atomic E-state index is 0.0128. The van der Waals surface area contributed by atoms with Gasteiger partial charge in [0.25, 0.3) is 0 Å². The number of fused-ring (bicyclic) bond motifs is 5. The minimum Gasteiger partial charge on any atom is -0.458 e.